The second kappa shape index (κ2) is 7.21. The molecule has 1 N–H and O–H groups in total. The second-order valence-corrected chi connectivity index (χ2v) is 6.42. The first-order valence-corrected chi connectivity index (χ1v) is 8.69. The Balaban J connectivity index is 1.79. The van der Waals surface area contributed by atoms with Crippen molar-refractivity contribution < 1.29 is 0 Å². The number of aromatic nitrogens is 2. The second-order valence-electron chi connectivity index (χ2n) is 6.42. The average Bonchev–Trinajstić information content (AvgIpc) is 2.55. The van der Waals surface area contributed by atoms with Crippen LogP contribution in [0.4, 0.5) is 5.82 Å². The molecule has 1 atom stereocenters. The van der Waals surface area contributed by atoms with E-state index >= 15 is 0 Å². The topological polar surface area (TPSA) is 41.0 Å². The van der Waals surface area contributed by atoms with Crippen LogP contribution in [0.15, 0.2) is 6.33 Å². The van der Waals surface area contributed by atoms with Crippen molar-refractivity contribution in [1.29, 1.82) is 0 Å². The molecule has 21 heavy (non-hydrogen) atoms. The summed E-state index contributed by atoms with van der Waals surface area (Å²) in [6.07, 6.45) is 11.8. The van der Waals surface area contributed by atoms with Crippen molar-refractivity contribution in [3.8, 4) is 0 Å². The highest BCUT2D eigenvalue weighted by Gasteiger charge is 2.22. The van der Waals surface area contributed by atoms with Gasteiger partial charge in [0.05, 0.1) is 0 Å². The molecule has 2 aliphatic rings. The smallest absolute Gasteiger partial charge is 0.135 e. The molecule has 1 fully saturated rings. The van der Waals surface area contributed by atoms with Gasteiger partial charge in [-0.05, 0) is 51.5 Å². The van der Waals surface area contributed by atoms with Crippen LogP contribution in [-0.4, -0.2) is 35.6 Å². The maximum atomic E-state index is 4.66. The number of hydrogen-bond donors (Lipinski definition) is 1. The minimum Gasteiger partial charge on any atom is -0.355 e. The quantitative estimate of drug-likeness (QED) is 0.904. The Kier molecular flexibility index (Phi) is 5.07. The van der Waals surface area contributed by atoms with Crippen LogP contribution in [0.2, 0.25) is 0 Å². The first kappa shape index (κ1) is 14.8. The first-order valence-electron chi connectivity index (χ1n) is 8.69. The minimum atomic E-state index is 0.625. The molecule has 1 aliphatic carbocycles. The lowest BCUT2D eigenvalue weighted by atomic mass is 9.96. The number of anilines is 1. The van der Waals surface area contributed by atoms with Crippen molar-refractivity contribution in [2.75, 3.05) is 24.5 Å². The van der Waals surface area contributed by atoms with Crippen LogP contribution < -0.4 is 10.2 Å². The van der Waals surface area contributed by atoms with E-state index in [1.807, 2.05) is 0 Å². The van der Waals surface area contributed by atoms with Crippen LogP contribution in [0.1, 0.15) is 56.7 Å². The molecule has 3 rings (SSSR count). The highest BCUT2D eigenvalue weighted by atomic mass is 15.2. The monoisotopic (exact) mass is 288 g/mol. The third-order valence-corrected chi connectivity index (χ3v) is 4.75. The summed E-state index contributed by atoms with van der Waals surface area (Å²) in [6, 6.07) is 0.625. The van der Waals surface area contributed by atoms with Gasteiger partial charge in [-0.25, -0.2) is 9.97 Å². The molecule has 1 aliphatic heterocycles. The number of nitrogens with one attached hydrogen (secondary N) is 1. The lowest BCUT2D eigenvalue weighted by Gasteiger charge is -2.33. The molecule has 0 radical (unpaired) electrons. The SMILES string of the molecule is CCCN(CC1CCCCN1)c1ncnc2c1CCCC2. The fraction of sp³-hybridized carbons (Fsp3) is 0.765. The summed E-state index contributed by atoms with van der Waals surface area (Å²) in [5.74, 6) is 1.22. The van der Waals surface area contributed by atoms with Crippen LogP contribution in [0.25, 0.3) is 0 Å². The fourth-order valence-electron chi connectivity index (χ4n) is 3.68. The van der Waals surface area contributed by atoms with Gasteiger partial charge in [0, 0.05) is 30.4 Å². The highest BCUT2D eigenvalue weighted by Crippen LogP contribution is 2.27. The molecule has 0 spiro atoms. The summed E-state index contributed by atoms with van der Waals surface area (Å²) in [7, 11) is 0. The van der Waals surface area contributed by atoms with Crippen molar-refractivity contribution in [1.82, 2.24) is 15.3 Å². The van der Waals surface area contributed by atoms with E-state index in [0.29, 0.717) is 6.04 Å². The summed E-state index contributed by atoms with van der Waals surface area (Å²) >= 11 is 0. The summed E-state index contributed by atoms with van der Waals surface area (Å²) in [6.45, 7) is 5.63. The molecule has 0 amide bonds. The molecule has 116 valence electrons. The third-order valence-electron chi connectivity index (χ3n) is 4.75. The zero-order valence-electron chi connectivity index (χ0n) is 13.3. The molecule has 0 saturated carbocycles. The van der Waals surface area contributed by atoms with Crippen molar-refractivity contribution in [2.24, 2.45) is 0 Å². The first-order chi connectivity index (χ1) is 10.4. The lowest BCUT2D eigenvalue weighted by molar-refractivity contribution is 0.398. The zero-order chi connectivity index (χ0) is 14.5. The van der Waals surface area contributed by atoms with E-state index < -0.39 is 0 Å². The van der Waals surface area contributed by atoms with Gasteiger partial charge in [-0.3, -0.25) is 0 Å². The summed E-state index contributed by atoms with van der Waals surface area (Å²) in [5, 5.41) is 3.67. The van der Waals surface area contributed by atoms with Gasteiger partial charge in [-0.15, -0.1) is 0 Å². The Hall–Kier alpha value is -1.16. The molecule has 1 aromatic heterocycles. The Morgan fingerprint density at radius 2 is 2.10 bits per heavy atom. The number of aryl methyl sites for hydroxylation is 1. The molecular weight excluding hydrogens is 260 g/mol. The van der Waals surface area contributed by atoms with E-state index in [-0.39, 0.29) is 0 Å². The molecule has 4 heteroatoms. The van der Waals surface area contributed by atoms with Crippen LogP contribution in [0.3, 0.4) is 0 Å². The van der Waals surface area contributed by atoms with Gasteiger partial charge < -0.3 is 10.2 Å². The third kappa shape index (κ3) is 3.54. The maximum absolute atomic E-state index is 4.66. The Morgan fingerprint density at radius 1 is 1.19 bits per heavy atom. The molecular formula is C17H28N4. The van der Waals surface area contributed by atoms with Gasteiger partial charge in [0.15, 0.2) is 0 Å². The Morgan fingerprint density at radius 3 is 2.90 bits per heavy atom. The average molecular weight is 288 g/mol. The zero-order valence-corrected chi connectivity index (χ0v) is 13.3. The van der Waals surface area contributed by atoms with Crippen LogP contribution in [0, 0.1) is 0 Å². The van der Waals surface area contributed by atoms with Crippen molar-refractivity contribution in [2.45, 2.75) is 64.3 Å². The fourth-order valence-corrected chi connectivity index (χ4v) is 3.68. The van der Waals surface area contributed by atoms with Gasteiger partial charge in [-0.1, -0.05) is 13.3 Å². The van der Waals surface area contributed by atoms with Crippen molar-refractivity contribution in [3.05, 3.63) is 17.6 Å². The number of hydrogen-bond acceptors (Lipinski definition) is 4. The van der Waals surface area contributed by atoms with Crippen molar-refractivity contribution in [3.63, 3.8) is 0 Å². The van der Waals surface area contributed by atoms with Gasteiger partial charge in [0.25, 0.3) is 0 Å². The summed E-state index contributed by atoms with van der Waals surface area (Å²) in [5.41, 5.74) is 2.72. The van der Waals surface area contributed by atoms with Gasteiger partial charge in [0.2, 0.25) is 0 Å². The molecule has 2 heterocycles. The maximum Gasteiger partial charge on any atom is 0.135 e. The number of rotatable bonds is 5. The molecule has 1 unspecified atom stereocenters. The van der Waals surface area contributed by atoms with E-state index in [1.54, 1.807) is 6.33 Å². The largest absolute Gasteiger partial charge is 0.355 e. The van der Waals surface area contributed by atoms with Gasteiger partial charge in [-0.2, -0.15) is 0 Å². The normalized spacial score (nSPS) is 21.9. The standard InChI is InChI=1S/C17H28N4/c1-2-11-21(12-14-7-5-6-10-18-14)17-15-8-3-4-9-16(15)19-13-20-17/h13-14,18H,2-12H2,1H3. The molecule has 1 aromatic rings. The van der Waals surface area contributed by atoms with Crippen molar-refractivity contribution >= 4 is 5.82 Å². The summed E-state index contributed by atoms with van der Waals surface area (Å²) in [4.78, 5) is 11.7. The molecule has 4 nitrogen and oxygen atoms in total. The molecule has 0 bridgehead atoms. The van der Waals surface area contributed by atoms with E-state index in [4.69, 9.17) is 0 Å². The van der Waals surface area contributed by atoms with E-state index in [0.717, 1.165) is 25.9 Å². The van der Waals surface area contributed by atoms with Crippen LogP contribution in [0.5, 0.6) is 0 Å². The number of fused-ring (bicyclic) bond motifs is 1. The Labute approximate surface area is 128 Å². The van der Waals surface area contributed by atoms with Crippen LogP contribution in [-0.2, 0) is 12.8 Å². The highest BCUT2D eigenvalue weighted by molar-refractivity contribution is 5.49. The summed E-state index contributed by atoms with van der Waals surface area (Å²) < 4.78 is 0. The predicted molar refractivity (Wildman–Crippen MR) is 86.8 cm³/mol. The van der Waals surface area contributed by atoms with E-state index in [9.17, 15) is 0 Å². The molecule has 0 aromatic carbocycles. The van der Waals surface area contributed by atoms with Crippen LogP contribution >= 0.6 is 0 Å². The van der Waals surface area contributed by atoms with Gasteiger partial charge >= 0.3 is 0 Å². The Bertz CT molecular complexity index is 454. The van der Waals surface area contributed by atoms with E-state index in [1.165, 1.54) is 62.1 Å². The number of nitrogens with zero attached hydrogens (tertiary/aromatic N) is 3. The van der Waals surface area contributed by atoms with Gasteiger partial charge in [0.1, 0.15) is 12.1 Å². The lowest BCUT2D eigenvalue weighted by Crippen LogP contribution is -2.44. The minimum absolute atomic E-state index is 0.625. The number of piperidine rings is 1. The predicted octanol–water partition coefficient (Wildman–Crippen LogP) is 2.71. The molecule has 1 saturated heterocycles. The van der Waals surface area contributed by atoms with E-state index in [2.05, 4.69) is 27.1 Å².